The zero-order valence-electron chi connectivity index (χ0n) is 23.0. The third kappa shape index (κ3) is 33.0. The maximum absolute atomic E-state index is 12.8. The zero-order valence-corrected chi connectivity index (χ0v) is 23.0. The van der Waals surface area contributed by atoms with Gasteiger partial charge in [-0.15, -0.1) is 0 Å². The quantitative estimate of drug-likeness (QED) is 0.0766. The number of hydrogen-bond acceptors (Lipinski definition) is 8. The standard InChI is InChI=1S/C12H15F5O4.C6H9F5O.C6H8O4/c1-8(2)10(19)21-6-9(18)20-5-3-4-11(13,14)7-12(15,16)17;7-5(8,2-1-3-12)4-6(9,10)11;1-4(2)6(9)10-3-5(7)8/h1,3-7H2,2H3;12H,1-4H2;1,3H2,2H3,(H,7,8). The Balaban J connectivity index is -0.000000615. The van der Waals surface area contributed by atoms with Gasteiger partial charge in [-0.25, -0.2) is 36.7 Å². The second-order valence-electron chi connectivity index (χ2n) is 8.55. The Morgan fingerprint density at radius 3 is 1.35 bits per heavy atom. The number of carbonyl (C=O) groups is 4. The van der Waals surface area contributed by atoms with Crippen molar-refractivity contribution in [2.75, 3.05) is 26.4 Å². The predicted octanol–water partition coefficient (Wildman–Crippen LogP) is 5.55. The van der Waals surface area contributed by atoms with Crippen LogP contribution in [-0.4, -0.2) is 84.7 Å². The van der Waals surface area contributed by atoms with Crippen molar-refractivity contribution in [2.24, 2.45) is 0 Å². The Morgan fingerprint density at radius 1 is 0.651 bits per heavy atom. The van der Waals surface area contributed by atoms with E-state index in [0.717, 1.165) is 0 Å². The first-order chi connectivity index (χ1) is 19.2. The van der Waals surface area contributed by atoms with Crippen LogP contribution in [0.3, 0.4) is 0 Å². The second-order valence-corrected chi connectivity index (χ2v) is 8.55. The van der Waals surface area contributed by atoms with Crippen LogP contribution in [0.1, 0.15) is 52.4 Å². The Hall–Kier alpha value is -3.38. The molecule has 0 aliphatic carbocycles. The molecule has 0 radical (unpaired) electrons. The van der Waals surface area contributed by atoms with Crippen LogP contribution in [0.5, 0.6) is 0 Å². The van der Waals surface area contributed by atoms with Crippen molar-refractivity contribution in [1.82, 2.24) is 0 Å². The third-order valence-electron chi connectivity index (χ3n) is 3.91. The summed E-state index contributed by atoms with van der Waals surface area (Å²) in [7, 11) is 0. The number of ether oxygens (including phenoxy) is 3. The van der Waals surface area contributed by atoms with Crippen LogP contribution in [0.2, 0.25) is 0 Å². The van der Waals surface area contributed by atoms with Gasteiger partial charge in [0.15, 0.2) is 13.2 Å². The van der Waals surface area contributed by atoms with Gasteiger partial charge in [-0.2, -0.15) is 26.3 Å². The summed E-state index contributed by atoms with van der Waals surface area (Å²) in [6, 6.07) is 0. The number of carboxylic acids is 1. The molecular weight excluding hydrogens is 622 g/mol. The fraction of sp³-hybridized carbons (Fsp3) is 0.667. The Bertz CT molecular complexity index is 914. The van der Waals surface area contributed by atoms with Crippen molar-refractivity contribution < 1.29 is 87.5 Å². The Labute approximate surface area is 239 Å². The molecule has 0 rings (SSSR count). The number of rotatable bonds is 15. The van der Waals surface area contributed by atoms with Crippen LogP contribution in [0.15, 0.2) is 24.3 Å². The Kier molecular flexibility index (Phi) is 21.0. The molecule has 43 heavy (non-hydrogen) atoms. The minimum atomic E-state index is -4.96. The minimum Gasteiger partial charge on any atom is -0.479 e. The summed E-state index contributed by atoms with van der Waals surface area (Å²) in [6.07, 6.45) is -16.9. The van der Waals surface area contributed by atoms with Gasteiger partial charge in [0.25, 0.3) is 11.8 Å². The highest BCUT2D eigenvalue weighted by Crippen LogP contribution is 2.35. The van der Waals surface area contributed by atoms with Gasteiger partial charge in [0.1, 0.15) is 12.8 Å². The number of hydrogen-bond donors (Lipinski definition) is 2. The van der Waals surface area contributed by atoms with Crippen molar-refractivity contribution in [2.45, 2.75) is 76.6 Å². The first-order valence-corrected chi connectivity index (χ1v) is 11.8. The van der Waals surface area contributed by atoms with E-state index < -0.39 is 107 Å². The predicted molar refractivity (Wildman–Crippen MR) is 127 cm³/mol. The second kappa shape index (κ2) is 20.5. The average Bonchev–Trinajstić information content (AvgIpc) is 2.80. The van der Waals surface area contributed by atoms with Crippen molar-refractivity contribution in [3.63, 3.8) is 0 Å². The molecule has 0 aliphatic rings. The lowest BCUT2D eigenvalue weighted by Gasteiger charge is -2.17. The number of aliphatic carboxylic acids is 1. The van der Waals surface area contributed by atoms with Crippen LogP contribution in [0.4, 0.5) is 43.9 Å². The SMILES string of the molecule is C=C(C)C(=O)OCC(=O)O.C=C(C)C(=O)OCC(=O)OCCCC(F)(F)CC(F)(F)F.OCCCC(F)(F)CC(F)(F)F. The van der Waals surface area contributed by atoms with E-state index in [1.807, 2.05) is 0 Å². The normalized spacial score (nSPS) is 11.6. The molecule has 0 aromatic heterocycles. The van der Waals surface area contributed by atoms with E-state index in [-0.39, 0.29) is 17.6 Å². The summed E-state index contributed by atoms with van der Waals surface area (Å²) in [5, 5.41) is 16.2. The van der Waals surface area contributed by atoms with Crippen molar-refractivity contribution in [3.05, 3.63) is 24.3 Å². The number of alkyl halides is 10. The van der Waals surface area contributed by atoms with E-state index in [2.05, 4.69) is 27.4 Å². The average molecular weight is 654 g/mol. The van der Waals surface area contributed by atoms with Gasteiger partial charge in [0, 0.05) is 30.6 Å². The molecule has 252 valence electrons. The maximum Gasteiger partial charge on any atom is 0.394 e. The van der Waals surface area contributed by atoms with E-state index in [1.165, 1.54) is 13.8 Å². The molecule has 9 nitrogen and oxygen atoms in total. The summed E-state index contributed by atoms with van der Waals surface area (Å²) in [5.41, 5.74) is 0.260. The van der Waals surface area contributed by atoms with E-state index in [1.54, 1.807) is 0 Å². The topological polar surface area (TPSA) is 136 Å². The van der Waals surface area contributed by atoms with E-state index in [0.29, 0.717) is 0 Å². The minimum absolute atomic E-state index is 0.0644. The lowest BCUT2D eigenvalue weighted by atomic mass is 10.1. The number of carbonyl (C=O) groups excluding carboxylic acids is 3. The summed E-state index contributed by atoms with van der Waals surface area (Å²) < 4.78 is 133. The first kappa shape index (κ1) is 44.1. The number of aliphatic hydroxyl groups excluding tert-OH is 1. The number of aliphatic hydroxyl groups is 1. The molecule has 0 atom stereocenters. The van der Waals surface area contributed by atoms with Crippen LogP contribution in [-0.2, 0) is 33.4 Å². The first-order valence-electron chi connectivity index (χ1n) is 11.8. The van der Waals surface area contributed by atoms with Gasteiger partial charge in [-0.1, -0.05) is 13.2 Å². The van der Waals surface area contributed by atoms with Gasteiger partial charge in [0.05, 0.1) is 6.61 Å². The molecule has 2 N–H and O–H groups in total. The third-order valence-corrected chi connectivity index (χ3v) is 3.91. The molecule has 0 unspecified atom stereocenters. The number of carboxylic acid groups (broad SMARTS) is 1. The summed E-state index contributed by atoms with van der Waals surface area (Å²) >= 11 is 0. The molecular formula is C24H32F10O9. The lowest BCUT2D eigenvalue weighted by molar-refractivity contribution is -0.191. The van der Waals surface area contributed by atoms with E-state index in [9.17, 15) is 63.1 Å². The Morgan fingerprint density at radius 2 is 1.02 bits per heavy atom. The fourth-order valence-electron chi connectivity index (χ4n) is 2.16. The van der Waals surface area contributed by atoms with Gasteiger partial charge in [-0.3, -0.25) is 0 Å². The summed E-state index contributed by atoms with van der Waals surface area (Å²) in [5.74, 6) is -11.3. The highest BCUT2D eigenvalue weighted by molar-refractivity contribution is 5.89. The van der Waals surface area contributed by atoms with Crippen LogP contribution in [0.25, 0.3) is 0 Å². The molecule has 0 bridgehead atoms. The van der Waals surface area contributed by atoms with Gasteiger partial charge in [0.2, 0.25) is 0 Å². The molecule has 0 heterocycles. The molecule has 0 aliphatic heterocycles. The number of halogens is 10. The summed E-state index contributed by atoms with van der Waals surface area (Å²) in [6.45, 7) is 7.00. The highest BCUT2D eigenvalue weighted by atomic mass is 19.4. The fourth-order valence-corrected chi connectivity index (χ4v) is 2.16. The smallest absolute Gasteiger partial charge is 0.394 e. The molecule has 19 heteroatoms. The van der Waals surface area contributed by atoms with E-state index >= 15 is 0 Å². The van der Waals surface area contributed by atoms with Crippen molar-refractivity contribution >= 4 is 23.9 Å². The van der Waals surface area contributed by atoms with Gasteiger partial charge < -0.3 is 24.4 Å². The van der Waals surface area contributed by atoms with Crippen molar-refractivity contribution in [3.8, 4) is 0 Å². The van der Waals surface area contributed by atoms with Crippen LogP contribution in [0, 0.1) is 0 Å². The van der Waals surface area contributed by atoms with Gasteiger partial charge >= 0.3 is 36.2 Å². The monoisotopic (exact) mass is 654 g/mol. The molecule has 0 amide bonds. The lowest BCUT2D eigenvalue weighted by Crippen LogP contribution is -2.26. The zero-order chi connectivity index (χ0) is 34.7. The summed E-state index contributed by atoms with van der Waals surface area (Å²) in [4.78, 5) is 42.2. The molecule has 0 fully saturated rings. The molecule has 0 saturated carbocycles. The molecule has 0 saturated heterocycles. The van der Waals surface area contributed by atoms with Crippen LogP contribution < -0.4 is 0 Å². The maximum atomic E-state index is 12.8. The number of esters is 3. The van der Waals surface area contributed by atoms with Crippen LogP contribution >= 0.6 is 0 Å². The molecule has 0 aromatic rings. The highest BCUT2D eigenvalue weighted by Gasteiger charge is 2.43. The van der Waals surface area contributed by atoms with E-state index in [4.69, 9.17) is 10.2 Å². The van der Waals surface area contributed by atoms with Crippen molar-refractivity contribution in [1.29, 1.82) is 0 Å². The largest absolute Gasteiger partial charge is 0.479 e. The van der Waals surface area contributed by atoms with Gasteiger partial charge in [-0.05, 0) is 26.7 Å². The molecule has 0 spiro atoms. The molecule has 0 aromatic carbocycles.